The lowest BCUT2D eigenvalue weighted by Gasteiger charge is -2.15. The van der Waals surface area contributed by atoms with E-state index in [1.54, 1.807) is 0 Å². The van der Waals surface area contributed by atoms with Crippen LogP contribution in [0.4, 0.5) is 0 Å². The highest BCUT2D eigenvalue weighted by molar-refractivity contribution is 5.96. The molecule has 1 heterocycles. The van der Waals surface area contributed by atoms with E-state index in [1.807, 2.05) is 13.1 Å². The van der Waals surface area contributed by atoms with Crippen molar-refractivity contribution in [3.05, 3.63) is 65.1 Å². The Morgan fingerprint density at radius 3 is 2.50 bits per heavy atom. The number of aryl methyl sites for hydroxylation is 2. The lowest BCUT2D eigenvalue weighted by Crippen LogP contribution is -2.22. The zero-order chi connectivity index (χ0) is 15.7. The first-order chi connectivity index (χ1) is 10.6. The van der Waals surface area contributed by atoms with E-state index in [-0.39, 0.29) is 0 Å². The van der Waals surface area contributed by atoms with Gasteiger partial charge < -0.3 is 4.57 Å². The van der Waals surface area contributed by atoms with E-state index in [1.165, 1.54) is 22.1 Å². The average molecular weight is 289 g/mol. The van der Waals surface area contributed by atoms with E-state index < -0.39 is 0 Å². The van der Waals surface area contributed by atoms with Crippen molar-refractivity contribution < 1.29 is 0 Å². The van der Waals surface area contributed by atoms with Crippen LogP contribution in [0.2, 0.25) is 0 Å². The fourth-order valence-corrected chi connectivity index (χ4v) is 3.04. The van der Waals surface area contributed by atoms with Crippen molar-refractivity contribution in [2.75, 3.05) is 0 Å². The molecule has 0 saturated carbocycles. The summed E-state index contributed by atoms with van der Waals surface area (Å²) in [6.07, 6.45) is 0. The molecule has 0 fully saturated rings. The Kier molecular flexibility index (Phi) is 3.63. The van der Waals surface area contributed by atoms with Crippen LogP contribution < -0.4 is 5.49 Å². The molecule has 0 unspecified atom stereocenters. The summed E-state index contributed by atoms with van der Waals surface area (Å²) in [7, 11) is 2.01. The van der Waals surface area contributed by atoms with Crippen LogP contribution in [0.25, 0.3) is 22.0 Å². The monoisotopic (exact) mass is 289 g/mol. The van der Waals surface area contributed by atoms with Gasteiger partial charge in [0.15, 0.2) is 5.49 Å². The minimum atomic E-state index is 0.838. The van der Waals surface area contributed by atoms with E-state index in [2.05, 4.69) is 77.8 Å². The highest BCUT2D eigenvalue weighted by Gasteiger charge is 2.12. The van der Waals surface area contributed by atoms with Gasteiger partial charge in [-0.2, -0.15) is 5.10 Å². The zero-order valence-electron chi connectivity index (χ0n) is 13.2. The Bertz CT molecular complexity index is 933. The lowest BCUT2D eigenvalue weighted by molar-refractivity contribution is 0.843. The molecule has 0 aliphatic rings. The van der Waals surface area contributed by atoms with Crippen LogP contribution in [0.15, 0.2) is 58.7 Å². The molecule has 0 aliphatic heterocycles. The summed E-state index contributed by atoms with van der Waals surface area (Å²) < 4.78 is 2.07. The summed E-state index contributed by atoms with van der Waals surface area (Å²) in [6.45, 7) is 7.71. The second kappa shape index (κ2) is 5.60. The van der Waals surface area contributed by atoms with E-state index in [9.17, 15) is 0 Å². The first-order valence-corrected chi connectivity index (χ1v) is 7.28. The van der Waals surface area contributed by atoms with E-state index >= 15 is 0 Å². The van der Waals surface area contributed by atoms with Gasteiger partial charge in [0.1, 0.15) is 0 Å². The summed E-state index contributed by atoms with van der Waals surface area (Å²) >= 11 is 0. The molecule has 0 atom stereocenters. The van der Waals surface area contributed by atoms with Crippen LogP contribution >= 0.6 is 0 Å². The van der Waals surface area contributed by atoms with Crippen molar-refractivity contribution in [3.63, 3.8) is 0 Å². The van der Waals surface area contributed by atoms with Gasteiger partial charge in [-0.1, -0.05) is 48.0 Å². The van der Waals surface area contributed by atoms with Crippen molar-refractivity contribution in [1.29, 1.82) is 0 Å². The third kappa shape index (κ3) is 2.25. The van der Waals surface area contributed by atoms with Gasteiger partial charge in [0.2, 0.25) is 0 Å². The molecule has 3 nitrogen and oxygen atoms in total. The molecule has 0 N–H and O–H groups in total. The fourth-order valence-electron chi connectivity index (χ4n) is 3.04. The number of hydrogen-bond donors (Lipinski definition) is 0. The molecule has 1 aromatic heterocycles. The van der Waals surface area contributed by atoms with E-state index in [0.717, 1.165) is 16.6 Å². The highest BCUT2D eigenvalue weighted by atomic mass is 15.2. The number of nitrogens with zero attached hydrogens (tertiary/aromatic N) is 3. The molecule has 0 saturated heterocycles. The van der Waals surface area contributed by atoms with Gasteiger partial charge in [-0.15, -0.1) is 5.10 Å². The molecule has 3 heteroatoms. The molecule has 0 aliphatic carbocycles. The number of para-hydroxylation sites is 1. The van der Waals surface area contributed by atoms with E-state index in [4.69, 9.17) is 0 Å². The molecule has 2 aromatic carbocycles. The molecule has 3 aromatic rings. The van der Waals surface area contributed by atoms with Crippen LogP contribution in [0.5, 0.6) is 0 Å². The van der Waals surface area contributed by atoms with Gasteiger partial charge in [0, 0.05) is 24.7 Å². The number of benzene rings is 2. The smallest absolute Gasteiger partial charge is 0.158 e. The Morgan fingerprint density at radius 2 is 1.77 bits per heavy atom. The van der Waals surface area contributed by atoms with Crippen LogP contribution in [-0.2, 0) is 7.05 Å². The van der Waals surface area contributed by atoms with Crippen LogP contribution in [-0.4, -0.2) is 11.3 Å². The van der Waals surface area contributed by atoms with Crippen molar-refractivity contribution in [3.8, 4) is 11.1 Å². The van der Waals surface area contributed by atoms with Gasteiger partial charge in [0.25, 0.3) is 0 Å². The molecule has 110 valence electrons. The maximum atomic E-state index is 4.24. The molecule has 0 radical (unpaired) electrons. The molecular weight excluding hydrogens is 270 g/mol. The molecule has 0 amide bonds. The van der Waals surface area contributed by atoms with Crippen molar-refractivity contribution in [2.45, 2.75) is 13.8 Å². The summed E-state index contributed by atoms with van der Waals surface area (Å²) in [5.41, 5.74) is 6.74. The first-order valence-electron chi connectivity index (χ1n) is 7.28. The average Bonchev–Trinajstić information content (AvgIpc) is 2.52. The minimum absolute atomic E-state index is 0.838. The third-order valence-electron chi connectivity index (χ3n) is 4.04. The predicted octanol–water partition coefficient (Wildman–Crippen LogP) is 3.98. The summed E-state index contributed by atoms with van der Waals surface area (Å²) in [4.78, 5) is 0. The third-order valence-corrected chi connectivity index (χ3v) is 4.04. The normalized spacial score (nSPS) is 11.9. The van der Waals surface area contributed by atoms with Gasteiger partial charge in [-0.3, -0.25) is 0 Å². The topological polar surface area (TPSA) is 29.6 Å². The van der Waals surface area contributed by atoms with Crippen LogP contribution in [0.3, 0.4) is 0 Å². The van der Waals surface area contributed by atoms with Gasteiger partial charge in [-0.25, -0.2) is 0 Å². The molecule has 3 rings (SSSR count). The number of aromatic nitrogens is 1. The first kappa shape index (κ1) is 14.3. The van der Waals surface area contributed by atoms with Gasteiger partial charge >= 0.3 is 0 Å². The molecule has 22 heavy (non-hydrogen) atoms. The van der Waals surface area contributed by atoms with Crippen LogP contribution in [0, 0.1) is 13.8 Å². The summed E-state index contributed by atoms with van der Waals surface area (Å²) in [5.74, 6) is 0. The van der Waals surface area contributed by atoms with Crippen molar-refractivity contribution in [2.24, 2.45) is 17.3 Å². The predicted molar refractivity (Wildman–Crippen MR) is 92.9 cm³/mol. The Morgan fingerprint density at radius 1 is 1.00 bits per heavy atom. The molecular formula is C19H19N3. The number of fused-ring (bicyclic) bond motifs is 1. The number of hydrogen-bond acceptors (Lipinski definition) is 2. The van der Waals surface area contributed by atoms with Crippen LogP contribution in [0.1, 0.15) is 11.1 Å². The van der Waals surface area contributed by atoms with Crippen molar-refractivity contribution in [1.82, 2.24) is 4.57 Å². The Balaban J connectivity index is 2.53. The fraction of sp³-hybridized carbons (Fsp3) is 0.158. The van der Waals surface area contributed by atoms with E-state index in [0.29, 0.717) is 0 Å². The summed E-state index contributed by atoms with van der Waals surface area (Å²) in [6, 6.07) is 16.9. The maximum absolute atomic E-state index is 4.24. The Labute approximate surface area is 130 Å². The number of rotatable bonds is 2. The molecule has 0 bridgehead atoms. The SMILES string of the molecule is C=N/N=c1/c(C)c(-c2cccc(C)c2)c2ccccc2n1C. The summed E-state index contributed by atoms with van der Waals surface area (Å²) in [5, 5.41) is 9.20. The lowest BCUT2D eigenvalue weighted by atomic mass is 9.95. The minimum Gasteiger partial charge on any atom is -0.327 e. The zero-order valence-corrected chi connectivity index (χ0v) is 13.2. The van der Waals surface area contributed by atoms with Gasteiger partial charge in [-0.05, 0) is 31.0 Å². The van der Waals surface area contributed by atoms with Crippen molar-refractivity contribution >= 4 is 17.6 Å². The highest BCUT2D eigenvalue weighted by Crippen LogP contribution is 2.30. The largest absolute Gasteiger partial charge is 0.327 e. The number of pyridine rings is 1. The second-order valence-electron chi connectivity index (χ2n) is 5.51. The standard InChI is InChI=1S/C19H19N3/c1-13-8-7-9-15(12-13)18-14(2)19(21-20-3)22(4)17-11-6-5-10-16(17)18/h5-12H,3H2,1-2,4H3/b21-19-. The maximum Gasteiger partial charge on any atom is 0.158 e. The quantitative estimate of drug-likeness (QED) is 0.504. The Hall–Kier alpha value is -2.68. The molecule has 0 spiro atoms. The second-order valence-corrected chi connectivity index (χ2v) is 5.51. The van der Waals surface area contributed by atoms with Gasteiger partial charge in [0.05, 0.1) is 5.52 Å².